The second-order valence-corrected chi connectivity index (χ2v) is 11.0. The zero-order valence-corrected chi connectivity index (χ0v) is 25.3. The number of ketones is 1. The van der Waals surface area contributed by atoms with Gasteiger partial charge in [-0.2, -0.15) is 9.97 Å². The van der Waals surface area contributed by atoms with Crippen LogP contribution in [-0.2, 0) is 16.8 Å². The Morgan fingerprint density at radius 3 is 2.28 bits per heavy atom. The van der Waals surface area contributed by atoms with Crippen LogP contribution in [-0.4, -0.2) is 52.7 Å². The maximum atomic E-state index is 14.7. The number of hydrogen-bond donors (Lipinski definition) is 2. The number of carbonyl (C=O) groups is 2. The van der Waals surface area contributed by atoms with E-state index in [1.54, 1.807) is 18.2 Å². The number of Topliss-reactive ketones (excluding diaryl/α,β-unsaturated/α-hetero) is 1. The molecule has 4 aromatic rings. The predicted octanol–water partition coefficient (Wildman–Crippen LogP) is 5.48. The molecule has 2 N–H and O–H groups in total. The van der Waals surface area contributed by atoms with Crippen molar-refractivity contribution in [1.82, 2.24) is 14.5 Å². The molecule has 1 amide bonds. The summed E-state index contributed by atoms with van der Waals surface area (Å²) in [5.74, 6) is -2.48. The molecule has 1 unspecified atom stereocenters. The largest absolute Gasteiger partial charge is 0.479 e. The monoisotopic (exact) mass is 628 g/mol. The van der Waals surface area contributed by atoms with E-state index in [9.17, 15) is 19.1 Å². The lowest BCUT2D eigenvalue weighted by Crippen LogP contribution is -2.36. The van der Waals surface area contributed by atoms with Crippen LogP contribution in [0.2, 0.25) is 10.0 Å². The molecule has 0 aliphatic heterocycles. The van der Waals surface area contributed by atoms with E-state index in [2.05, 4.69) is 15.3 Å². The molecule has 0 bridgehead atoms. The molecule has 0 fully saturated rings. The summed E-state index contributed by atoms with van der Waals surface area (Å²) >= 11 is 12.3. The molecule has 0 saturated carbocycles. The first-order chi connectivity index (χ1) is 20.4. The molecule has 224 valence electrons. The third-order valence-corrected chi connectivity index (χ3v) is 7.66. The van der Waals surface area contributed by atoms with Gasteiger partial charge in [0.25, 0.3) is 5.91 Å². The van der Waals surface area contributed by atoms with Gasteiger partial charge in [-0.05, 0) is 47.4 Å². The lowest BCUT2D eigenvalue weighted by molar-refractivity contribution is -0.131. The Morgan fingerprint density at radius 2 is 1.67 bits per heavy atom. The van der Waals surface area contributed by atoms with Crippen LogP contribution >= 0.6 is 23.2 Å². The van der Waals surface area contributed by atoms with Crippen LogP contribution in [0.25, 0.3) is 5.69 Å². The van der Waals surface area contributed by atoms with Crippen molar-refractivity contribution < 1.29 is 33.3 Å². The number of benzene rings is 2. The molecular formula is C30H27Cl2FN4O6. The third-order valence-electron chi connectivity index (χ3n) is 7.19. The summed E-state index contributed by atoms with van der Waals surface area (Å²) in [6, 6.07) is 8.38. The molecule has 0 spiro atoms. The fraction of sp³-hybridized carbons (Fsp3) is 0.267. The van der Waals surface area contributed by atoms with Crippen LogP contribution in [0.1, 0.15) is 52.5 Å². The Kier molecular flexibility index (Phi) is 8.08. The molecule has 5 rings (SSSR count). The summed E-state index contributed by atoms with van der Waals surface area (Å²) in [5.41, 5.74) is -1.28. The van der Waals surface area contributed by atoms with Gasteiger partial charge in [-0.1, -0.05) is 43.1 Å². The fourth-order valence-electron chi connectivity index (χ4n) is 5.37. The minimum Gasteiger partial charge on any atom is -0.479 e. The van der Waals surface area contributed by atoms with E-state index in [1.807, 2.05) is 13.8 Å². The molecule has 1 aliphatic rings. The number of aliphatic hydroxyl groups is 1. The number of rotatable bonds is 8. The molecule has 1 aliphatic carbocycles. The average Bonchev–Trinajstić information content (AvgIpc) is 3.49. The molecule has 13 heteroatoms. The van der Waals surface area contributed by atoms with Crippen molar-refractivity contribution in [2.24, 2.45) is 0 Å². The highest BCUT2D eigenvalue weighted by Crippen LogP contribution is 2.47. The van der Waals surface area contributed by atoms with Gasteiger partial charge in [0.15, 0.2) is 17.1 Å². The van der Waals surface area contributed by atoms with Crippen molar-refractivity contribution in [2.75, 3.05) is 26.6 Å². The van der Waals surface area contributed by atoms with Gasteiger partial charge in [0.1, 0.15) is 5.82 Å². The SMILES string of the molecule is COc1nc(OC)c(-n2cc(C(=O)Nc3cc(Cl)ccc3F)c(C3(O)C(=O)Cc4cc(Cl)ccc43)c2C(C)C)c(OC)n1. The summed E-state index contributed by atoms with van der Waals surface area (Å²) < 4.78 is 32.5. The molecule has 10 nitrogen and oxygen atoms in total. The fourth-order valence-corrected chi connectivity index (χ4v) is 5.74. The Hall–Kier alpha value is -4.19. The first-order valence-electron chi connectivity index (χ1n) is 13.1. The van der Waals surface area contributed by atoms with E-state index in [-0.39, 0.29) is 57.3 Å². The van der Waals surface area contributed by atoms with Crippen LogP contribution in [0.5, 0.6) is 17.8 Å². The molecule has 0 saturated heterocycles. The van der Waals surface area contributed by atoms with Crippen LogP contribution in [0, 0.1) is 5.82 Å². The number of nitrogens with zero attached hydrogens (tertiary/aromatic N) is 3. The maximum Gasteiger partial charge on any atom is 0.322 e. The minimum atomic E-state index is -2.27. The maximum absolute atomic E-state index is 14.7. The zero-order valence-electron chi connectivity index (χ0n) is 23.8. The van der Waals surface area contributed by atoms with Crippen molar-refractivity contribution in [1.29, 1.82) is 0 Å². The molecular weight excluding hydrogens is 602 g/mol. The van der Waals surface area contributed by atoms with Crippen LogP contribution < -0.4 is 19.5 Å². The van der Waals surface area contributed by atoms with Crippen molar-refractivity contribution in [3.63, 3.8) is 0 Å². The van der Waals surface area contributed by atoms with Crippen molar-refractivity contribution in [3.8, 4) is 23.5 Å². The van der Waals surface area contributed by atoms with Gasteiger partial charge in [-0.3, -0.25) is 9.59 Å². The van der Waals surface area contributed by atoms with E-state index >= 15 is 0 Å². The summed E-state index contributed by atoms with van der Waals surface area (Å²) in [4.78, 5) is 36.3. The number of carbonyl (C=O) groups excluding carboxylic acids is 2. The smallest absolute Gasteiger partial charge is 0.322 e. The number of anilines is 1. The highest BCUT2D eigenvalue weighted by atomic mass is 35.5. The number of aromatic nitrogens is 3. The van der Waals surface area contributed by atoms with Gasteiger partial charge in [-0.25, -0.2) is 4.39 Å². The Bertz CT molecular complexity index is 1750. The van der Waals surface area contributed by atoms with Gasteiger partial charge in [0.05, 0.1) is 32.6 Å². The van der Waals surface area contributed by atoms with Crippen LogP contribution in [0.3, 0.4) is 0 Å². The van der Waals surface area contributed by atoms with E-state index in [0.717, 1.165) is 6.07 Å². The lowest BCUT2D eigenvalue weighted by Gasteiger charge is -2.27. The van der Waals surface area contributed by atoms with Crippen LogP contribution in [0.15, 0.2) is 42.6 Å². The topological polar surface area (TPSA) is 125 Å². The normalized spacial score (nSPS) is 15.9. The first kappa shape index (κ1) is 30.3. The quantitative estimate of drug-likeness (QED) is 0.263. The number of fused-ring (bicyclic) bond motifs is 1. The molecule has 2 heterocycles. The lowest BCUT2D eigenvalue weighted by atomic mass is 9.82. The van der Waals surface area contributed by atoms with Gasteiger partial charge in [-0.15, -0.1) is 0 Å². The summed E-state index contributed by atoms with van der Waals surface area (Å²) in [6.45, 7) is 3.64. The average molecular weight is 629 g/mol. The predicted molar refractivity (Wildman–Crippen MR) is 158 cm³/mol. The minimum absolute atomic E-state index is 0.00608. The summed E-state index contributed by atoms with van der Waals surface area (Å²) in [5, 5.41) is 15.5. The van der Waals surface area contributed by atoms with Crippen LogP contribution in [0.4, 0.5) is 10.1 Å². The highest BCUT2D eigenvalue weighted by molar-refractivity contribution is 6.31. The number of halogens is 3. The van der Waals surface area contributed by atoms with Crippen molar-refractivity contribution >= 4 is 40.6 Å². The molecule has 0 radical (unpaired) electrons. The Labute approximate surface area is 256 Å². The molecule has 2 aromatic heterocycles. The second-order valence-electron chi connectivity index (χ2n) is 10.1. The first-order valence-corrected chi connectivity index (χ1v) is 13.8. The number of amides is 1. The summed E-state index contributed by atoms with van der Waals surface area (Å²) in [6.07, 6.45) is 1.27. The Morgan fingerprint density at radius 1 is 1.05 bits per heavy atom. The molecule has 2 aromatic carbocycles. The molecule has 43 heavy (non-hydrogen) atoms. The van der Waals surface area contributed by atoms with Crippen molar-refractivity contribution in [2.45, 2.75) is 31.8 Å². The number of methoxy groups -OCH3 is 3. The third kappa shape index (κ3) is 5.07. The number of hydrogen-bond acceptors (Lipinski definition) is 8. The molecule has 1 atom stereocenters. The standard InChI is InChI=1S/C30H27Cl2FN4O6/c1-14(2)24-23(30(40)19-8-6-16(31)10-15(19)11-22(30)38)18(26(39)34-21-12-17(32)7-9-20(21)33)13-37(24)25-27(41-3)35-29(43-5)36-28(25)42-4/h6-10,12-14,40H,11H2,1-5H3,(H,34,39). The summed E-state index contributed by atoms with van der Waals surface area (Å²) in [7, 11) is 4.14. The van der Waals surface area contributed by atoms with Crippen molar-refractivity contribution in [3.05, 3.63) is 86.4 Å². The zero-order chi connectivity index (χ0) is 31.2. The number of nitrogens with one attached hydrogen (secondary N) is 1. The Balaban J connectivity index is 1.86. The second kappa shape index (κ2) is 11.5. The van der Waals surface area contributed by atoms with Gasteiger partial charge in [0.2, 0.25) is 11.8 Å². The van der Waals surface area contributed by atoms with Gasteiger partial charge < -0.3 is 29.2 Å². The van der Waals surface area contributed by atoms with E-state index in [4.69, 9.17) is 37.4 Å². The van der Waals surface area contributed by atoms with Gasteiger partial charge in [0, 0.05) is 33.9 Å². The van der Waals surface area contributed by atoms with Gasteiger partial charge >= 0.3 is 6.01 Å². The highest BCUT2D eigenvalue weighted by Gasteiger charge is 2.51. The number of ether oxygens (including phenoxy) is 3. The van der Waals surface area contributed by atoms with E-state index < -0.39 is 29.0 Å². The van der Waals surface area contributed by atoms with E-state index in [0.29, 0.717) is 16.3 Å². The van der Waals surface area contributed by atoms with E-state index in [1.165, 1.54) is 44.2 Å².